The molecule has 21 heavy (non-hydrogen) atoms. The Morgan fingerprint density at radius 3 is 2.86 bits per heavy atom. The van der Waals surface area contributed by atoms with E-state index in [9.17, 15) is 9.59 Å². The third-order valence-corrected chi connectivity index (χ3v) is 4.94. The van der Waals surface area contributed by atoms with Crippen LogP contribution in [-0.4, -0.2) is 27.7 Å². The van der Waals surface area contributed by atoms with E-state index >= 15 is 0 Å². The minimum Gasteiger partial charge on any atom is -0.348 e. The van der Waals surface area contributed by atoms with E-state index in [1.807, 2.05) is 41.6 Å². The van der Waals surface area contributed by atoms with Crippen LogP contribution in [0.15, 0.2) is 35.8 Å². The SMILES string of the molecule is CC1c2cccn2CCN1C(=O)CCC(=O)c1cccs1. The smallest absolute Gasteiger partial charge is 0.223 e. The summed E-state index contributed by atoms with van der Waals surface area (Å²) in [5, 5.41) is 1.88. The van der Waals surface area contributed by atoms with E-state index in [1.165, 1.54) is 17.0 Å². The maximum absolute atomic E-state index is 12.4. The molecule has 1 aliphatic heterocycles. The highest BCUT2D eigenvalue weighted by atomic mass is 32.1. The van der Waals surface area contributed by atoms with Crippen LogP contribution < -0.4 is 0 Å². The molecule has 1 unspecified atom stereocenters. The zero-order chi connectivity index (χ0) is 14.8. The Morgan fingerprint density at radius 1 is 1.24 bits per heavy atom. The van der Waals surface area contributed by atoms with Gasteiger partial charge in [-0.15, -0.1) is 11.3 Å². The number of hydrogen-bond donors (Lipinski definition) is 0. The van der Waals surface area contributed by atoms with Gasteiger partial charge in [-0.2, -0.15) is 0 Å². The van der Waals surface area contributed by atoms with Crippen LogP contribution in [0, 0.1) is 0 Å². The maximum atomic E-state index is 12.4. The molecule has 0 aliphatic carbocycles. The average molecular weight is 302 g/mol. The van der Waals surface area contributed by atoms with Crippen molar-refractivity contribution >= 4 is 23.0 Å². The summed E-state index contributed by atoms with van der Waals surface area (Å²) in [5.41, 5.74) is 1.17. The molecule has 0 N–H and O–H groups in total. The van der Waals surface area contributed by atoms with E-state index in [4.69, 9.17) is 0 Å². The van der Waals surface area contributed by atoms with Crippen molar-refractivity contribution < 1.29 is 9.59 Å². The molecule has 0 aromatic carbocycles. The van der Waals surface area contributed by atoms with E-state index < -0.39 is 0 Å². The molecule has 0 fully saturated rings. The molecule has 1 amide bonds. The predicted molar refractivity (Wildman–Crippen MR) is 82.4 cm³/mol. The number of carbonyl (C=O) groups excluding carboxylic acids is 2. The molecule has 110 valence electrons. The average Bonchev–Trinajstić information content (AvgIpc) is 3.15. The van der Waals surface area contributed by atoms with E-state index in [1.54, 1.807) is 0 Å². The van der Waals surface area contributed by atoms with E-state index in [0.717, 1.165) is 18.0 Å². The molecule has 3 rings (SSSR count). The van der Waals surface area contributed by atoms with Gasteiger partial charge in [0.2, 0.25) is 5.91 Å². The second-order valence-corrected chi connectivity index (χ2v) is 6.24. The standard InChI is InChI=1S/C16H18N2O2S/c1-12-13-4-2-8-17(13)9-10-18(12)16(20)7-6-14(19)15-5-3-11-21-15/h2-5,8,11-12H,6-7,9-10H2,1H3. The fourth-order valence-electron chi connectivity index (χ4n) is 2.84. The summed E-state index contributed by atoms with van der Waals surface area (Å²) in [4.78, 5) is 27.0. The minimum atomic E-state index is 0.0615. The molecule has 0 radical (unpaired) electrons. The molecule has 3 heterocycles. The van der Waals surface area contributed by atoms with Gasteiger partial charge in [0.1, 0.15) is 0 Å². The van der Waals surface area contributed by atoms with Crippen LogP contribution in [0.3, 0.4) is 0 Å². The number of rotatable bonds is 4. The molecule has 5 heteroatoms. The number of nitrogens with zero attached hydrogens (tertiary/aromatic N) is 2. The Kier molecular flexibility index (Phi) is 3.92. The molecule has 2 aromatic heterocycles. The van der Waals surface area contributed by atoms with Crippen molar-refractivity contribution in [3.63, 3.8) is 0 Å². The van der Waals surface area contributed by atoms with Gasteiger partial charge in [-0.25, -0.2) is 0 Å². The normalized spacial score (nSPS) is 17.6. The van der Waals surface area contributed by atoms with Crippen molar-refractivity contribution in [3.05, 3.63) is 46.4 Å². The van der Waals surface area contributed by atoms with Crippen molar-refractivity contribution in [2.75, 3.05) is 6.54 Å². The topological polar surface area (TPSA) is 42.3 Å². The molecule has 0 spiro atoms. The molecule has 4 nitrogen and oxygen atoms in total. The lowest BCUT2D eigenvalue weighted by Gasteiger charge is -2.35. The molecular formula is C16H18N2O2S. The molecule has 0 saturated carbocycles. The number of amides is 1. The van der Waals surface area contributed by atoms with Gasteiger partial charge in [-0.05, 0) is 30.5 Å². The summed E-state index contributed by atoms with van der Waals surface area (Å²) in [7, 11) is 0. The van der Waals surface area contributed by atoms with E-state index in [2.05, 4.69) is 10.6 Å². The first-order valence-corrected chi connectivity index (χ1v) is 8.06. The summed E-state index contributed by atoms with van der Waals surface area (Å²) < 4.78 is 2.19. The zero-order valence-electron chi connectivity index (χ0n) is 12.0. The van der Waals surface area contributed by atoms with Gasteiger partial charge in [0.05, 0.1) is 10.9 Å². The third-order valence-electron chi connectivity index (χ3n) is 4.02. The summed E-state index contributed by atoms with van der Waals surface area (Å²) in [6.45, 7) is 3.59. The first-order chi connectivity index (χ1) is 10.2. The van der Waals surface area contributed by atoms with Crippen molar-refractivity contribution in [1.82, 2.24) is 9.47 Å². The fraction of sp³-hybridized carbons (Fsp3) is 0.375. The Balaban J connectivity index is 1.60. The second-order valence-electron chi connectivity index (χ2n) is 5.29. The molecule has 0 bridgehead atoms. The van der Waals surface area contributed by atoms with Crippen LogP contribution in [0.1, 0.15) is 41.2 Å². The monoisotopic (exact) mass is 302 g/mol. The summed E-state index contributed by atoms with van der Waals surface area (Å²) in [5.74, 6) is 0.131. The first-order valence-electron chi connectivity index (χ1n) is 7.18. The maximum Gasteiger partial charge on any atom is 0.223 e. The lowest BCUT2D eigenvalue weighted by Crippen LogP contribution is -2.40. The van der Waals surface area contributed by atoms with Crippen molar-refractivity contribution in [2.24, 2.45) is 0 Å². The van der Waals surface area contributed by atoms with Gasteiger partial charge in [0, 0.05) is 37.8 Å². The Hall–Kier alpha value is -1.88. The number of carbonyl (C=O) groups is 2. The number of thiophene rings is 1. The molecule has 0 saturated heterocycles. The van der Waals surface area contributed by atoms with Crippen LogP contribution in [0.2, 0.25) is 0 Å². The van der Waals surface area contributed by atoms with Crippen LogP contribution in [0.5, 0.6) is 0 Å². The second kappa shape index (κ2) is 5.85. The van der Waals surface area contributed by atoms with Gasteiger partial charge in [-0.3, -0.25) is 9.59 Å². The number of aromatic nitrogens is 1. The Labute approximate surface area is 128 Å². The van der Waals surface area contributed by atoms with Gasteiger partial charge >= 0.3 is 0 Å². The van der Waals surface area contributed by atoms with Crippen molar-refractivity contribution in [3.8, 4) is 0 Å². The predicted octanol–water partition coefficient (Wildman–Crippen LogP) is 3.12. The molecule has 2 aromatic rings. The highest BCUT2D eigenvalue weighted by Gasteiger charge is 2.27. The molecule has 1 atom stereocenters. The van der Waals surface area contributed by atoms with Crippen LogP contribution in [0.4, 0.5) is 0 Å². The molecule has 1 aliphatic rings. The molecular weight excluding hydrogens is 284 g/mol. The third kappa shape index (κ3) is 2.78. The number of Topliss-reactive ketones (excluding diaryl/α,β-unsaturated/α-hetero) is 1. The summed E-state index contributed by atoms with van der Waals surface area (Å²) in [6, 6.07) is 7.83. The first kappa shape index (κ1) is 14.1. The Morgan fingerprint density at radius 2 is 2.10 bits per heavy atom. The van der Waals surface area contributed by atoms with E-state index in [0.29, 0.717) is 12.8 Å². The Bertz CT molecular complexity index is 645. The van der Waals surface area contributed by atoms with E-state index in [-0.39, 0.29) is 17.7 Å². The van der Waals surface area contributed by atoms with Crippen LogP contribution in [-0.2, 0) is 11.3 Å². The number of ketones is 1. The van der Waals surface area contributed by atoms with Crippen molar-refractivity contribution in [1.29, 1.82) is 0 Å². The summed E-state index contributed by atoms with van der Waals surface area (Å²) >= 11 is 1.43. The number of hydrogen-bond acceptors (Lipinski definition) is 3. The highest BCUT2D eigenvalue weighted by Crippen LogP contribution is 2.26. The van der Waals surface area contributed by atoms with Crippen molar-refractivity contribution in [2.45, 2.75) is 32.4 Å². The van der Waals surface area contributed by atoms with Gasteiger partial charge in [0.15, 0.2) is 5.78 Å². The highest BCUT2D eigenvalue weighted by molar-refractivity contribution is 7.12. The quantitative estimate of drug-likeness (QED) is 0.814. The van der Waals surface area contributed by atoms with Gasteiger partial charge in [0.25, 0.3) is 0 Å². The van der Waals surface area contributed by atoms with Gasteiger partial charge < -0.3 is 9.47 Å². The fourth-order valence-corrected chi connectivity index (χ4v) is 3.54. The zero-order valence-corrected chi connectivity index (χ0v) is 12.8. The minimum absolute atomic E-state index is 0.0615. The lowest BCUT2D eigenvalue weighted by molar-refractivity contribution is -0.134. The lowest BCUT2D eigenvalue weighted by atomic mass is 10.1. The number of fused-ring (bicyclic) bond motifs is 1. The summed E-state index contributed by atoms with van der Waals surface area (Å²) in [6.07, 6.45) is 2.64. The van der Waals surface area contributed by atoms with Gasteiger partial charge in [-0.1, -0.05) is 6.07 Å². The van der Waals surface area contributed by atoms with Crippen LogP contribution in [0.25, 0.3) is 0 Å². The largest absolute Gasteiger partial charge is 0.348 e. The van der Waals surface area contributed by atoms with Crippen LogP contribution >= 0.6 is 11.3 Å².